The molecule has 2 aliphatic heterocycles. The van der Waals surface area contributed by atoms with Gasteiger partial charge in [-0.2, -0.15) is 12.7 Å². The molecule has 43 heavy (non-hydrogen) atoms. The number of morpholine rings is 1. The summed E-state index contributed by atoms with van der Waals surface area (Å²) in [4.78, 5) is 16.7. The average Bonchev–Trinajstić information content (AvgIpc) is 3.36. The molecule has 2 aromatic carbocycles. The number of aromatic nitrogens is 2. The molecule has 0 bridgehead atoms. The van der Waals surface area contributed by atoms with E-state index in [0.29, 0.717) is 41.3 Å². The van der Waals surface area contributed by atoms with E-state index in [1.165, 1.54) is 34.8 Å². The highest BCUT2D eigenvalue weighted by Gasteiger charge is 2.34. The molecule has 0 radical (unpaired) electrons. The van der Waals surface area contributed by atoms with Crippen LogP contribution in [0.4, 0.5) is 4.39 Å². The number of hydrogen-bond donors (Lipinski definition) is 2. The second-order valence-corrected chi connectivity index (χ2v) is 13.4. The molecule has 6 rings (SSSR count). The Kier molecular flexibility index (Phi) is 8.65. The van der Waals surface area contributed by atoms with Crippen LogP contribution in [-0.2, 0) is 37.8 Å². The molecule has 0 saturated carbocycles. The molecular weight excluding hydrogens is 603 g/mol. The largest absolute Gasteiger partial charge is 0.379 e. The minimum Gasteiger partial charge on any atom is -0.379 e. The van der Waals surface area contributed by atoms with Crippen LogP contribution in [0.15, 0.2) is 70.7 Å². The maximum absolute atomic E-state index is 13.6. The van der Waals surface area contributed by atoms with E-state index in [4.69, 9.17) is 9.29 Å². The number of fused-ring (bicyclic) bond motifs is 3. The van der Waals surface area contributed by atoms with Gasteiger partial charge in [-0.05, 0) is 48.7 Å². The van der Waals surface area contributed by atoms with Gasteiger partial charge in [0.2, 0.25) is 10.0 Å². The van der Waals surface area contributed by atoms with Gasteiger partial charge in [0.15, 0.2) is 0 Å². The molecule has 2 aliphatic rings. The van der Waals surface area contributed by atoms with Gasteiger partial charge in [-0.1, -0.05) is 29.8 Å². The van der Waals surface area contributed by atoms with Gasteiger partial charge in [0.05, 0.1) is 36.4 Å². The summed E-state index contributed by atoms with van der Waals surface area (Å²) in [6.45, 7) is 3.29. The van der Waals surface area contributed by atoms with Crippen molar-refractivity contribution < 1.29 is 40.5 Å². The van der Waals surface area contributed by atoms with Gasteiger partial charge in [-0.15, -0.1) is 0 Å². The van der Waals surface area contributed by atoms with E-state index in [0.717, 1.165) is 11.1 Å². The average molecular weight is 633 g/mol. The number of hydroxylamine groups is 2. The number of sulfonamides is 1. The Morgan fingerprint density at radius 2 is 1.63 bits per heavy atom. The zero-order valence-electron chi connectivity index (χ0n) is 23.1. The second-order valence-electron chi connectivity index (χ2n) is 10.1. The van der Waals surface area contributed by atoms with Crippen molar-refractivity contribution in [2.45, 2.75) is 29.7 Å². The number of halogens is 1. The number of ether oxygens (including phenoxy) is 1. The van der Waals surface area contributed by atoms with E-state index in [2.05, 4.69) is 4.98 Å². The molecule has 2 N–H and O–H groups in total. The summed E-state index contributed by atoms with van der Waals surface area (Å²) >= 11 is 0. The minimum absolute atomic E-state index is 0.0456. The normalized spacial score (nSPS) is 16.1. The smallest absolute Gasteiger partial charge is 0.296 e. The first-order chi connectivity index (χ1) is 20.4. The summed E-state index contributed by atoms with van der Waals surface area (Å²) < 4.78 is 78.5. The fourth-order valence-electron chi connectivity index (χ4n) is 4.93. The van der Waals surface area contributed by atoms with E-state index in [9.17, 15) is 31.2 Å². The second kappa shape index (κ2) is 12.1. The lowest BCUT2D eigenvalue weighted by molar-refractivity contribution is -0.0606. The summed E-state index contributed by atoms with van der Waals surface area (Å²) in [5.41, 5.74) is 2.84. The summed E-state index contributed by atoms with van der Waals surface area (Å²) in [6, 6.07) is 12.0. The van der Waals surface area contributed by atoms with Crippen molar-refractivity contribution in [2.24, 2.45) is 0 Å². The van der Waals surface area contributed by atoms with E-state index < -0.39 is 26.0 Å². The number of benzene rings is 2. The zero-order chi connectivity index (χ0) is 30.9. The number of amides is 1. The Labute approximate surface area is 247 Å². The fourth-order valence-corrected chi connectivity index (χ4v) is 7.06. The van der Waals surface area contributed by atoms with Crippen LogP contribution in [0.1, 0.15) is 27.2 Å². The maximum Gasteiger partial charge on any atom is 0.296 e. The third-order valence-electron chi connectivity index (χ3n) is 7.17. The van der Waals surface area contributed by atoms with E-state index in [1.807, 2.05) is 6.92 Å². The van der Waals surface area contributed by atoms with Crippen LogP contribution >= 0.6 is 0 Å². The number of rotatable bonds is 5. The van der Waals surface area contributed by atoms with Crippen molar-refractivity contribution in [3.63, 3.8) is 0 Å². The topological polar surface area (TPSA) is 159 Å². The standard InChI is InChI=1S/C21H21FN4O5S.C7H8O3S/c22-15-3-1-14(2-4-15)12-24-13-18(32(29,30)25-7-9-31-10-8-25)19-16-5-6-26(28)21(27)20(16)23-11-17(19)24;1-6-2-4-7(5-3-6)11(8,9)10/h1-4,11,13,28H,5-10,12H2;2-5H,1H3,(H,8,9,10). The highest BCUT2D eigenvalue weighted by Crippen LogP contribution is 2.34. The Morgan fingerprint density at radius 3 is 2.26 bits per heavy atom. The lowest BCUT2D eigenvalue weighted by Crippen LogP contribution is -2.40. The quantitative estimate of drug-likeness (QED) is 0.249. The molecule has 1 amide bonds. The first-order valence-corrected chi connectivity index (χ1v) is 16.1. The van der Waals surface area contributed by atoms with Crippen LogP contribution in [0.2, 0.25) is 0 Å². The van der Waals surface area contributed by atoms with Gasteiger partial charge in [0.25, 0.3) is 16.0 Å². The van der Waals surface area contributed by atoms with Crippen LogP contribution in [0, 0.1) is 12.7 Å². The molecular formula is C28H29FN4O8S2. The van der Waals surface area contributed by atoms with Crippen LogP contribution in [0.3, 0.4) is 0 Å². The molecule has 0 spiro atoms. The van der Waals surface area contributed by atoms with Gasteiger partial charge in [0, 0.05) is 31.2 Å². The fraction of sp³-hybridized carbons (Fsp3) is 0.286. The van der Waals surface area contributed by atoms with Gasteiger partial charge in [0.1, 0.15) is 16.4 Å². The van der Waals surface area contributed by atoms with Crippen LogP contribution in [0.25, 0.3) is 10.9 Å². The highest BCUT2D eigenvalue weighted by molar-refractivity contribution is 7.89. The molecule has 15 heteroatoms. The maximum atomic E-state index is 13.6. The van der Waals surface area contributed by atoms with Crippen LogP contribution in [0.5, 0.6) is 0 Å². The number of hydrogen-bond acceptors (Lipinski definition) is 8. The molecule has 1 fully saturated rings. The molecule has 4 heterocycles. The minimum atomic E-state index is -4.02. The van der Waals surface area contributed by atoms with Crippen LogP contribution < -0.4 is 0 Å². The predicted molar refractivity (Wildman–Crippen MR) is 152 cm³/mol. The zero-order valence-corrected chi connectivity index (χ0v) is 24.7. The van der Waals surface area contributed by atoms with E-state index in [-0.39, 0.29) is 47.4 Å². The molecule has 4 aromatic rings. The number of nitrogens with zero attached hydrogens (tertiary/aromatic N) is 4. The molecule has 0 aliphatic carbocycles. The third kappa shape index (κ3) is 6.46. The van der Waals surface area contributed by atoms with E-state index in [1.54, 1.807) is 35.0 Å². The van der Waals surface area contributed by atoms with Gasteiger partial charge < -0.3 is 9.30 Å². The molecule has 0 unspecified atom stereocenters. The number of aryl methyl sites for hydroxylation is 1. The first-order valence-electron chi connectivity index (χ1n) is 13.2. The summed E-state index contributed by atoms with van der Waals surface area (Å²) in [7, 11) is -7.89. The SMILES string of the molecule is Cc1ccc(S(=O)(=O)O)cc1.O=C1c2ncc3c(c(S(=O)(=O)N4CCOCC4)cn3Cc3ccc(F)cc3)c2CCN1O. The van der Waals surface area contributed by atoms with Gasteiger partial charge >= 0.3 is 0 Å². The van der Waals surface area contributed by atoms with Crippen molar-refractivity contribution in [3.05, 3.63) is 89.1 Å². The Bertz CT molecular complexity index is 1870. The van der Waals surface area contributed by atoms with Crippen LogP contribution in [-0.4, -0.2) is 84.3 Å². The van der Waals surface area contributed by atoms with Crippen molar-refractivity contribution in [3.8, 4) is 0 Å². The number of pyridine rings is 1. The van der Waals surface area contributed by atoms with Crippen molar-refractivity contribution in [2.75, 3.05) is 32.8 Å². The summed E-state index contributed by atoms with van der Waals surface area (Å²) in [6.07, 6.45) is 3.28. The van der Waals surface area contributed by atoms with Crippen molar-refractivity contribution in [1.82, 2.24) is 18.9 Å². The summed E-state index contributed by atoms with van der Waals surface area (Å²) in [5.74, 6) is -1.02. The van der Waals surface area contributed by atoms with Crippen molar-refractivity contribution >= 4 is 37.0 Å². The predicted octanol–water partition coefficient (Wildman–Crippen LogP) is 2.87. The Balaban J connectivity index is 0.000000283. The molecule has 0 atom stereocenters. The van der Waals surface area contributed by atoms with Gasteiger partial charge in [-0.25, -0.2) is 22.9 Å². The number of carbonyl (C=O) groups is 1. The van der Waals surface area contributed by atoms with Gasteiger partial charge in [-0.3, -0.25) is 14.6 Å². The molecule has 1 saturated heterocycles. The molecule has 12 nitrogen and oxygen atoms in total. The molecule has 228 valence electrons. The van der Waals surface area contributed by atoms with E-state index >= 15 is 0 Å². The lowest BCUT2D eigenvalue weighted by atomic mass is 10.0. The lowest BCUT2D eigenvalue weighted by Gasteiger charge is -2.26. The van der Waals surface area contributed by atoms with Crippen molar-refractivity contribution in [1.29, 1.82) is 0 Å². The first kappa shape index (κ1) is 30.7. The Hall–Kier alpha value is -3.73. The monoisotopic (exact) mass is 632 g/mol. The number of carbonyl (C=O) groups excluding carboxylic acids is 1. The molecule has 2 aromatic heterocycles. The summed E-state index contributed by atoms with van der Waals surface area (Å²) in [5, 5.41) is 10.8. The Morgan fingerprint density at radius 1 is 0.977 bits per heavy atom. The third-order valence-corrected chi connectivity index (χ3v) is 9.95. The highest BCUT2D eigenvalue weighted by atomic mass is 32.2.